The summed E-state index contributed by atoms with van der Waals surface area (Å²) in [5, 5.41) is 7.14. The maximum absolute atomic E-state index is 12.5. The summed E-state index contributed by atoms with van der Waals surface area (Å²) in [7, 11) is 0. The van der Waals surface area contributed by atoms with Crippen LogP contribution in [0.15, 0.2) is 24.5 Å². The molecule has 1 N–H and O–H groups in total. The van der Waals surface area contributed by atoms with E-state index in [1.165, 1.54) is 0 Å². The molecule has 1 aliphatic heterocycles. The van der Waals surface area contributed by atoms with Gasteiger partial charge in [-0.2, -0.15) is 5.10 Å². The molecule has 98 valence electrons. The normalized spacial score (nSPS) is 14.9. The Hall–Kier alpha value is -2.17. The largest absolute Gasteiger partial charge is 0.339 e. The van der Waals surface area contributed by atoms with Gasteiger partial charge in [0.2, 0.25) is 0 Å². The fraction of sp³-hybridized carbons (Fsp3) is 0.357. The number of likely N-dealkylation sites (tertiary alicyclic amines) is 1. The summed E-state index contributed by atoms with van der Waals surface area (Å²) in [5.41, 5.74) is 3.25. The average Bonchev–Trinajstić information content (AvgIpc) is 3.09. The molecule has 5 heteroatoms. The third-order valence-corrected chi connectivity index (χ3v) is 3.43. The Morgan fingerprint density at radius 2 is 2.16 bits per heavy atom. The van der Waals surface area contributed by atoms with Crippen LogP contribution >= 0.6 is 0 Å². The summed E-state index contributed by atoms with van der Waals surface area (Å²) >= 11 is 0. The zero-order chi connectivity index (χ0) is 13.2. The molecule has 2 aromatic heterocycles. The molecular formula is C14H16N4O. The van der Waals surface area contributed by atoms with E-state index in [1.807, 2.05) is 24.0 Å². The summed E-state index contributed by atoms with van der Waals surface area (Å²) in [4.78, 5) is 18.5. The van der Waals surface area contributed by atoms with E-state index in [9.17, 15) is 4.79 Å². The lowest BCUT2D eigenvalue weighted by atomic mass is 10.1. The Balaban J connectivity index is 1.99. The van der Waals surface area contributed by atoms with Crippen molar-refractivity contribution < 1.29 is 4.79 Å². The van der Waals surface area contributed by atoms with Gasteiger partial charge in [-0.1, -0.05) is 0 Å². The van der Waals surface area contributed by atoms with E-state index in [2.05, 4.69) is 15.2 Å². The molecule has 0 aromatic carbocycles. The van der Waals surface area contributed by atoms with Crippen molar-refractivity contribution in [1.29, 1.82) is 0 Å². The van der Waals surface area contributed by atoms with Crippen molar-refractivity contribution in [2.45, 2.75) is 19.8 Å². The minimum absolute atomic E-state index is 0.0567. The van der Waals surface area contributed by atoms with E-state index >= 15 is 0 Å². The predicted molar refractivity (Wildman–Crippen MR) is 71.7 cm³/mol. The van der Waals surface area contributed by atoms with Crippen LogP contribution < -0.4 is 0 Å². The van der Waals surface area contributed by atoms with E-state index in [4.69, 9.17) is 0 Å². The van der Waals surface area contributed by atoms with E-state index < -0.39 is 0 Å². The highest BCUT2D eigenvalue weighted by Gasteiger charge is 2.23. The lowest BCUT2D eigenvalue weighted by Crippen LogP contribution is -2.28. The number of amides is 1. The van der Waals surface area contributed by atoms with Crippen LogP contribution in [-0.4, -0.2) is 39.1 Å². The molecule has 1 aliphatic rings. The molecule has 0 radical (unpaired) electrons. The van der Waals surface area contributed by atoms with Crippen molar-refractivity contribution in [2.75, 3.05) is 13.1 Å². The molecule has 5 nitrogen and oxygen atoms in total. The van der Waals surface area contributed by atoms with Gasteiger partial charge in [-0.15, -0.1) is 0 Å². The lowest BCUT2D eigenvalue weighted by molar-refractivity contribution is 0.0793. The molecule has 0 unspecified atom stereocenters. The Bertz CT molecular complexity index is 599. The molecule has 0 bridgehead atoms. The summed E-state index contributed by atoms with van der Waals surface area (Å²) in [6.07, 6.45) is 5.51. The number of H-pyrrole nitrogens is 1. The fourth-order valence-corrected chi connectivity index (χ4v) is 2.43. The highest BCUT2D eigenvalue weighted by atomic mass is 16.2. The van der Waals surface area contributed by atoms with Crippen molar-refractivity contribution in [3.05, 3.63) is 35.8 Å². The number of hydrogen-bond donors (Lipinski definition) is 1. The van der Waals surface area contributed by atoms with E-state index in [0.717, 1.165) is 42.9 Å². The number of carbonyl (C=O) groups excluding carboxylic acids is 1. The Kier molecular flexibility index (Phi) is 3.03. The molecule has 3 heterocycles. The molecule has 19 heavy (non-hydrogen) atoms. The summed E-state index contributed by atoms with van der Waals surface area (Å²) < 4.78 is 0. The SMILES string of the molecule is Cc1cc(-c2ccncc2C(=O)N2CCCC2)n[nH]1. The van der Waals surface area contributed by atoms with E-state index in [-0.39, 0.29) is 5.91 Å². The van der Waals surface area contributed by atoms with Crippen molar-refractivity contribution in [3.8, 4) is 11.3 Å². The van der Waals surface area contributed by atoms with Crippen molar-refractivity contribution in [3.63, 3.8) is 0 Å². The van der Waals surface area contributed by atoms with Crippen LogP contribution in [0.4, 0.5) is 0 Å². The third kappa shape index (κ3) is 2.23. The number of aryl methyl sites for hydroxylation is 1. The Morgan fingerprint density at radius 3 is 2.84 bits per heavy atom. The van der Waals surface area contributed by atoms with Crippen LogP contribution in [0.5, 0.6) is 0 Å². The molecule has 1 amide bonds. The van der Waals surface area contributed by atoms with Gasteiger partial charge in [0.1, 0.15) is 0 Å². The van der Waals surface area contributed by atoms with Crippen LogP contribution in [0.3, 0.4) is 0 Å². The first-order chi connectivity index (χ1) is 9.25. The first-order valence-electron chi connectivity index (χ1n) is 6.51. The topological polar surface area (TPSA) is 61.9 Å². The van der Waals surface area contributed by atoms with Crippen molar-refractivity contribution >= 4 is 5.91 Å². The number of hydrogen-bond acceptors (Lipinski definition) is 3. The smallest absolute Gasteiger partial charge is 0.256 e. The summed E-state index contributed by atoms with van der Waals surface area (Å²) in [6, 6.07) is 3.79. The lowest BCUT2D eigenvalue weighted by Gasteiger charge is -2.16. The zero-order valence-corrected chi connectivity index (χ0v) is 10.9. The highest BCUT2D eigenvalue weighted by Crippen LogP contribution is 2.24. The number of aromatic nitrogens is 3. The van der Waals surface area contributed by atoms with E-state index in [1.54, 1.807) is 12.4 Å². The quantitative estimate of drug-likeness (QED) is 0.894. The van der Waals surface area contributed by atoms with Crippen molar-refractivity contribution in [2.24, 2.45) is 0 Å². The third-order valence-electron chi connectivity index (χ3n) is 3.43. The number of nitrogens with zero attached hydrogens (tertiary/aromatic N) is 3. The second-order valence-electron chi connectivity index (χ2n) is 4.86. The number of pyridine rings is 1. The van der Waals surface area contributed by atoms with Crippen LogP contribution in [-0.2, 0) is 0 Å². The first-order valence-corrected chi connectivity index (χ1v) is 6.51. The molecule has 0 atom stereocenters. The first kappa shape index (κ1) is 11.9. The van der Waals surface area contributed by atoms with Crippen LogP contribution in [0.25, 0.3) is 11.3 Å². The molecule has 0 aliphatic carbocycles. The number of rotatable bonds is 2. The highest BCUT2D eigenvalue weighted by molar-refractivity contribution is 6.00. The zero-order valence-electron chi connectivity index (χ0n) is 10.9. The average molecular weight is 256 g/mol. The molecule has 1 saturated heterocycles. The van der Waals surface area contributed by atoms with Crippen LogP contribution in [0.2, 0.25) is 0 Å². The maximum atomic E-state index is 12.5. The second kappa shape index (κ2) is 4.84. The number of carbonyl (C=O) groups is 1. The van der Waals surface area contributed by atoms with Gasteiger partial charge < -0.3 is 4.90 Å². The molecule has 0 spiro atoms. The minimum Gasteiger partial charge on any atom is -0.339 e. The van der Waals surface area contributed by atoms with Gasteiger partial charge in [-0.25, -0.2) is 0 Å². The summed E-state index contributed by atoms with van der Waals surface area (Å²) in [6.45, 7) is 3.62. The van der Waals surface area contributed by atoms with Crippen LogP contribution in [0.1, 0.15) is 28.9 Å². The van der Waals surface area contributed by atoms with Gasteiger partial charge in [0, 0.05) is 36.7 Å². The standard InChI is InChI=1S/C14H16N4O/c1-10-8-13(17-16-10)11-4-5-15-9-12(11)14(19)18-6-2-3-7-18/h4-5,8-9H,2-3,6-7H2,1H3,(H,16,17). The predicted octanol–water partition coefficient (Wildman–Crippen LogP) is 2.02. The number of nitrogens with one attached hydrogen (secondary N) is 1. The van der Waals surface area contributed by atoms with Gasteiger partial charge in [0.15, 0.2) is 0 Å². The molecule has 0 saturated carbocycles. The molecule has 1 fully saturated rings. The Labute approximate surface area is 111 Å². The van der Waals surface area contributed by atoms with Gasteiger partial charge >= 0.3 is 0 Å². The van der Waals surface area contributed by atoms with Crippen molar-refractivity contribution in [1.82, 2.24) is 20.1 Å². The monoisotopic (exact) mass is 256 g/mol. The Morgan fingerprint density at radius 1 is 1.37 bits per heavy atom. The molecular weight excluding hydrogens is 240 g/mol. The summed E-state index contributed by atoms with van der Waals surface area (Å²) in [5.74, 6) is 0.0567. The number of aromatic amines is 1. The van der Waals surface area contributed by atoms with Gasteiger partial charge in [0.05, 0.1) is 11.3 Å². The second-order valence-corrected chi connectivity index (χ2v) is 4.86. The minimum atomic E-state index is 0.0567. The molecule has 3 rings (SSSR count). The van der Waals surface area contributed by atoms with Gasteiger partial charge in [0.25, 0.3) is 5.91 Å². The fourth-order valence-electron chi connectivity index (χ4n) is 2.43. The van der Waals surface area contributed by atoms with E-state index in [0.29, 0.717) is 5.56 Å². The maximum Gasteiger partial charge on any atom is 0.256 e. The van der Waals surface area contributed by atoms with Gasteiger partial charge in [-0.05, 0) is 31.9 Å². The van der Waals surface area contributed by atoms with Gasteiger partial charge in [-0.3, -0.25) is 14.9 Å². The van der Waals surface area contributed by atoms with Crippen LogP contribution in [0, 0.1) is 6.92 Å². The molecule has 2 aromatic rings.